The van der Waals surface area contributed by atoms with E-state index in [9.17, 15) is 9.59 Å². The molecule has 2 aromatic rings. The number of hydrogen-bond donors (Lipinski definition) is 0. The van der Waals surface area contributed by atoms with Crippen LogP contribution in [0.4, 0.5) is 5.69 Å². The molecule has 2 rings (SSSR count). The molecule has 0 N–H and O–H groups in total. The molecule has 0 saturated heterocycles. The van der Waals surface area contributed by atoms with Crippen molar-refractivity contribution in [3.05, 3.63) is 59.1 Å². The van der Waals surface area contributed by atoms with Gasteiger partial charge in [0, 0.05) is 38.4 Å². The van der Waals surface area contributed by atoms with E-state index < -0.39 is 5.97 Å². The summed E-state index contributed by atoms with van der Waals surface area (Å²) in [5, 5.41) is 0.510. The van der Waals surface area contributed by atoms with Crippen LogP contribution < -0.4 is 9.64 Å². The van der Waals surface area contributed by atoms with Gasteiger partial charge in [-0.2, -0.15) is 0 Å². The molecule has 0 aliphatic rings. The van der Waals surface area contributed by atoms with Crippen molar-refractivity contribution >= 4 is 29.2 Å². The number of amides is 1. The minimum Gasteiger partial charge on any atom is -0.482 e. The number of benzene rings is 2. The summed E-state index contributed by atoms with van der Waals surface area (Å²) in [6, 6.07) is 14.6. The lowest BCUT2D eigenvalue weighted by atomic mass is 10.2. The first-order valence-corrected chi connectivity index (χ1v) is 8.77. The lowest BCUT2D eigenvalue weighted by Gasteiger charge is -2.18. The molecule has 0 spiro atoms. The van der Waals surface area contributed by atoms with Crippen LogP contribution in [-0.2, 0) is 20.9 Å². The molecular weight excluding hydrogens is 368 g/mol. The van der Waals surface area contributed by atoms with Gasteiger partial charge in [0.25, 0.3) is 5.91 Å². The first-order valence-electron chi connectivity index (χ1n) is 8.39. The number of hydrogen-bond acceptors (Lipinski definition) is 5. The second kappa shape index (κ2) is 9.83. The quantitative estimate of drug-likeness (QED) is 0.648. The third-order valence-corrected chi connectivity index (χ3v) is 4.04. The molecule has 0 fully saturated rings. The van der Waals surface area contributed by atoms with Gasteiger partial charge in [-0.25, -0.2) is 4.79 Å². The molecule has 0 aliphatic carbocycles. The number of esters is 1. The highest BCUT2D eigenvalue weighted by Crippen LogP contribution is 2.17. The molecule has 0 unspecified atom stereocenters. The van der Waals surface area contributed by atoms with Crippen LogP contribution in [0.25, 0.3) is 0 Å². The molecule has 0 aliphatic heterocycles. The van der Waals surface area contributed by atoms with Crippen LogP contribution in [0.15, 0.2) is 48.5 Å². The molecule has 2 aromatic carbocycles. The summed E-state index contributed by atoms with van der Waals surface area (Å²) in [5.41, 5.74) is 2.08. The number of likely N-dealkylation sites (N-methyl/N-ethyl adjacent to an activating group) is 1. The number of ether oxygens (including phenoxy) is 2. The molecule has 0 atom stereocenters. The van der Waals surface area contributed by atoms with Crippen LogP contribution in [0.3, 0.4) is 0 Å². The zero-order chi connectivity index (χ0) is 19.8. The standard InChI is InChI=1S/C20H23ClN2O4/c1-22(2)17-9-7-15(8-10-17)12-23(3)19(24)13-27-20(25)14-26-18-6-4-5-16(21)11-18/h4-11H,12-14H2,1-3H3. The van der Waals surface area contributed by atoms with Crippen LogP contribution in [0, 0.1) is 0 Å². The summed E-state index contributed by atoms with van der Waals surface area (Å²) >= 11 is 5.84. The molecule has 1 amide bonds. The number of rotatable bonds is 8. The van der Waals surface area contributed by atoms with Crippen LogP contribution in [-0.4, -0.2) is 51.1 Å². The number of nitrogens with zero attached hydrogens (tertiary/aromatic N) is 2. The van der Waals surface area contributed by atoms with Crippen molar-refractivity contribution in [2.45, 2.75) is 6.54 Å². The fourth-order valence-electron chi connectivity index (χ4n) is 2.25. The van der Waals surface area contributed by atoms with E-state index in [0.717, 1.165) is 11.3 Å². The monoisotopic (exact) mass is 390 g/mol. The maximum atomic E-state index is 12.1. The van der Waals surface area contributed by atoms with Crippen molar-refractivity contribution in [3.8, 4) is 5.75 Å². The number of halogens is 1. The molecule has 0 radical (unpaired) electrons. The average molecular weight is 391 g/mol. The molecule has 7 heteroatoms. The van der Waals surface area contributed by atoms with Crippen LogP contribution in [0.2, 0.25) is 5.02 Å². The Morgan fingerprint density at radius 1 is 1.00 bits per heavy atom. The minimum absolute atomic E-state index is 0.288. The van der Waals surface area contributed by atoms with E-state index >= 15 is 0 Å². The maximum absolute atomic E-state index is 12.1. The summed E-state index contributed by atoms with van der Waals surface area (Å²) in [7, 11) is 5.60. The summed E-state index contributed by atoms with van der Waals surface area (Å²) in [5.74, 6) is -0.445. The van der Waals surface area contributed by atoms with Gasteiger partial charge in [0.05, 0.1) is 0 Å². The Kier molecular flexibility index (Phi) is 7.49. The van der Waals surface area contributed by atoms with Gasteiger partial charge in [0.15, 0.2) is 13.2 Å². The van der Waals surface area contributed by atoms with Gasteiger partial charge < -0.3 is 19.3 Å². The largest absolute Gasteiger partial charge is 0.482 e. The third kappa shape index (κ3) is 6.83. The molecule has 6 nitrogen and oxygen atoms in total. The van der Waals surface area contributed by atoms with Gasteiger partial charge in [0.1, 0.15) is 5.75 Å². The van der Waals surface area contributed by atoms with E-state index in [1.165, 1.54) is 4.90 Å². The van der Waals surface area contributed by atoms with E-state index in [4.69, 9.17) is 21.1 Å². The molecular formula is C20H23ClN2O4. The van der Waals surface area contributed by atoms with Crippen LogP contribution in [0.1, 0.15) is 5.56 Å². The van der Waals surface area contributed by atoms with E-state index in [0.29, 0.717) is 17.3 Å². The van der Waals surface area contributed by atoms with Crippen LogP contribution >= 0.6 is 11.6 Å². The molecule has 0 bridgehead atoms. The Morgan fingerprint density at radius 3 is 2.33 bits per heavy atom. The van der Waals surface area contributed by atoms with Crippen molar-refractivity contribution in [1.82, 2.24) is 4.90 Å². The summed E-state index contributed by atoms with van der Waals surface area (Å²) in [4.78, 5) is 27.4. The summed E-state index contributed by atoms with van der Waals surface area (Å²) in [6.07, 6.45) is 0. The fraction of sp³-hybridized carbons (Fsp3) is 0.300. The summed E-state index contributed by atoms with van der Waals surface area (Å²) in [6.45, 7) is -0.184. The second-order valence-electron chi connectivity index (χ2n) is 6.22. The first-order chi connectivity index (χ1) is 12.8. The highest BCUT2D eigenvalue weighted by molar-refractivity contribution is 6.30. The summed E-state index contributed by atoms with van der Waals surface area (Å²) < 4.78 is 10.3. The van der Waals surface area contributed by atoms with Gasteiger partial charge in [-0.15, -0.1) is 0 Å². The molecule has 0 aromatic heterocycles. The van der Waals surface area contributed by atoms with Crippen molar-refractivity contribution in [3.63, 3.8) is 0 Å². The van der Waals surface area contributed by atoms with E-state index in [1.807, 2.05) is 43.3 Å². The number of carbonyl (C=O) groups excluding carboxylic acids is 2. The Morgan fingerprint density at radius 2 is 1.70 bits per heavy atom. The Hall–Kier alpha value is -2.73. The Balaban J connectivity index is 1.74. The van der Waals surface area contributed by atoms with Gasteiger partial charge in [-0.1, -0.05) is 29.8 Å². The van der Waals surface area contributed by atoms with Gasteiger partial charge in [-0.3, -0.25) is 4.79 Å². The first kappa shape index (κ1) is 20.6. The Bertz CT molecular complexity index is 778. The molecule has 0 saturated carbocycles. The van der Waals surface area contributed by atoms with Crippen molar-refractivity contribution in [2.24, 2.45) is 0 Å². The zero-order valence-electron chi connectivity index (χ0n) is 15.6. The maximum Gasteiger partial charge on any atom is 0.344 e. The van der Waals surface area contributed by atoms with E-state index in [1.54, 1.807) is 31.3 Å². The second-order valence-corrected chi connectivity index (χ2v) is 6.65. The minimum atomic E-state index is -0.618. The lowest BCUT2D eigenvalue weighted by molar-refractivity contribution is -0.153. The third-order valence-electron chi connectivity index (χ3n) is 3.81. The average Bonchev–Trinajstić information content (AvgIpc) is 2.64. The fourth-order valence-corrected chi connectivity index (χ4v) is 2.43. The Labute approximate surface area is 164 Å². The highest BCUT2D eigenvalue weighted by Gasteiger charge is 2.13. The number of carbonyl (C=O) groups is 2. The molecule has 144 valence electrons. The van der Waals surface area contributed by atoms with Gasteiger partial charge in [0.2, 0.25) is 0 Å². The zero-order valence-corrected chi connectivity index (χ0v) is 16.4. The molecule has 27 heavy (non-hydrogen) atoms. The van der Waals surface area contributed by atoms with E-state index in [2.05, 4.69) is 0 Å². The SMILES string of the molecule is CN(Cc1ccc(N(C)C)cc1)C(=O)COC(=O)COc1cccc(Cl)c1. The van der Waals surface area contributed by atoms with Gasteiger partial charge >= 0.3 is 5.97 Å². The van der Waals surface area contributed by atoms with E-state index in [-0.39, 0.29) is 19.1 Å². The van der Waals surface area contributed by atoms with Crippen molar-refractivity contribution in [1.29, 1.82) is 0 Å². The molecule has 0 heterocycles. The lowest BCUT2D eigenvalue weighted by Crippen LogP contribution is -2.31. The van der Waals surface area contributed by atoms with Crippen molar-refractivity contribution in [2.75, 3.05) is 39.3 Å². The highest BCUT2D eigenvalue weighted by atomic mass is 35.5. The number of anilines is 1. The predicted octanol–water partition coefficient (Wildman–Crippen LogP) is 2.99. The van der Waals surface area contributed by atoms with Crippen molar-refractivity contribution < 1.29 is 19.1 Å². The topological polar surface area (TPSA) is 59.1 Å². The predicted molar refractivity (Wildman–Crippen MR) is 105 cm³/mol. The smallest absolute Gasteiger partial charge is 0.344 e. The normalized spacial score (nSPS) is 10.2. The van der Waals surface area contributed by atoms with Crippen LogP contribution in [0.5, 0.6) is 5.75 Å². The van der Waals surface area contributed by atoms with Gasteiger partial charge in [-0.05, 0) is 35.9 Å².